The Morgan fingerprint density at radius 1 is 1.00 bits per heavy atom. The van der Waals surface area contributed by atoms with E-state index in [1.165, 1.54) is 24.3 Å². The second-order valence-electron chi connectivity index (χ2n) is 4.04. The molecule has 2 aromatic carbocycles. The highest BCUT2D eigenvalue weighted by Crippen LogP contribution is 2.17. The van der Waals surface area contributed by atoms with E-state index < -0.39 is 30.0 Å². The van der Waals surface area contributed by atoms with Crippen molar-refractivity contribution in [3.63, 3.8) is 0 Å². The number of rotatable bonds is 5. The van der Waals surface area contributed by atoms with Gasteiger partial charge in [0.25, 0.3) is 5.91 Å². The van der Waals surface area contributed by atoms with Crippen molar-refractivity contribution >= 4 is 11.6 Å². The number of nitrogens with one attached hydrogen (secondary N) is 2. The van der Waals surface area contributed by atoms with Crippen LogP contribution in [0.1, 0.15) is 0 Å². The molecule has 2 aromatic rings. The van der Waals surface area contributed by atoms with Crippen molar-refractivity contribution in [1.29, 1.82) is 0 Å². The number of hydrogen-bond acceptors (Lipinski definition) is 3. The highest BCUT2D eigenvalue weighted by molar-refractivity contribution is 5.78. The molecular weight excluding hydrogens is 285 g/mol. The Hall–Kier alpha value is -2.70. The molecular formula is C14H11F3N2O2. The highest BCUT2D eigenvalue weighted by atomic mass is 19.1. The zero-order valence-corrected chi connectivity index (χ0v) is 10.7. The minimum Gasteiger partial charge on any atom is -0.481 e. The molecule has 0 heterocycles. The van der Waals surface area contributed by atoms with Crippen LogP contribution in [0.5, 0.6) is 5.75 Å². The Kier molecular flexibility index (Phi) is 4.65. The SMILES string of the molecule is O=C(COc1ccc(F)cc1F)NNc1ccc(F)cc1. The Morgan fingerprint density at radius 2 is 1.67 bits per heavy atom. The zero-order chi connectivity index (χ0) is 15.2. The molecule has 0 saturated carbocycles. The third-order valence-corrected chi connectivity index (χ3v) is 2.44. The van der Waals surface area contributed by atoms with Gasteiger partial charge in [-0.05, 0) is 36.4 Å². The molecule has 4 nitrogen and oxygen atoms in total. The van der Waals surface area contributed by atoms with Gasteiger partial charge >= 0.3 is 0 Å². The minimum absolute atomic E-state index is 0.228. The van der Waals surface area contributed by atoms with Crippen LogP contribution < -0.4 is 15.6 Å². The van der Waals surface area contributed by atoms with Crippen LogP contribution in [0.2, 0.25) is 0 Å². The van der Waals surface area contributed by atoms with Gasteiger partial charge in [-0.3, -0.25) is 15.6 Å². The molecule has 0 saturated heterocycles. The topological polar surface area (TPSA) is 50.4 Å². The Bertz CT molecular complexity index is 633. The molecule has 0 atom stereocenters. The summed E-state index contributed by atoms with van der Waals surface area (Å²) in [6, 6.07) is 8.06. The van der Waals surface area contributed by atoms with Crippen LogP contribution in [-0.2, 0) is 4.79 Å². The van der Waals surface area contributed by atoms with E-state index in [9.17, 15) is 18.0 Å². The summed E-state index contributed by atoms with van der Waals surface area (Å²) in [4.78, 5) is 11.5. The summed E-state index contributed by atoms with van der Waals surface area (Å²) in [5, 5.41) is 0. The summed E-state index contributed by atoms with van der Waals surface area (Å²) < 4.78 is 43.5. The lowest BCUT2D eigenvalue weighted by Gasteiger charge is -2.10. The van der Waals surface area contributed by atoms with Crippen LogP contribution in [0.25, 0.3) is 0 Å². The van der Waals surface area contributed by atoms with E-state index in [2.05, 4.69) is 10.9 Å². The smallest absolute Gasteiger partial charge is 0.276 e. The quantitative estimate of drug-likeness (QED) is 0.834. The van der Waals surface area contributed by atoms with Crippen LogP contribution in [0.3, 0.4) is 0 Å². The van der Waals surface area contributed by atoms with Gasteiger partial charge in [0, 0.05) is 6.07 Å². The molecule has 1 amide bonds. The van der Waals surface area contributed by atoms with Crippen molar-refractivity contribution in [3.05, 3.63) is 59.9 Å². The average molecular weight is 296 g/mol. The number of halogens is 3. The first-order valence-corrected chi connectivity index (χ1v) is 5.93. The van der Waals surface area contributed by atoms with Gasteiger partial charge in [0.15, 0.2) is 18.2 Å². The first kappa shape index (κ1) is 14.7. The van der Waals surface area contributed by atoms with Crippen LogP contribution in [0.4, 0.5) is 18.9 Å². The predicted octanol–water partition coefficient (Wildman–Crippen LogP) is 2.63. The molecule has 0 aliphatic carbocycles. The van der Waals surface area contributed by atoms with Crippen molar-refractivity contribution in [2.75, 3.05) is 12.0 Å². The van der Waals surface area contributed by atoms with Gasteiger partial charge in [0.1, 0.15) is 11.6 Å². The molecule has 0 aliphatic rings. The van der Waals surface area contributed by atoms with Gasteiger partial charge in [-0.15, -0.1) is 0 Å². The number of carbonyl (C=O) groups excluding carboxylic acids is 1. The molecule has 110 valence electrons. The molecule has 0 spiro atoms. The van der Waals surface area contributed by atoms with E-state index in [1.807, 2.05) is 0 Å². The largest absolute Gasteiger partial charge is 0.481 e. The number of ether oxygens (including phenoxy) is 1. The van der Waals surface area contributed by atoms with Crippen molar-refractivity contribution in [3.8, 4) is 5.75 Å². The number of carbonyl (C=O) groups is 1. The van der Waals surface area contributed by atoms with Crippen LogP contribution >= 0.6 is 0 Å². The lowest BCUT2D eigenvalue weighted by atomic mass is 10.3. The summed E-state index contributed by atoms with van der Waals surface area (Å²) >= 11 is 0. The molecule has 2 rings (SSSR count). The maximum atomic E-state index is 13.2. The lowest BCUT2D eigenvalue weighted by Crippen LogP contribution is -2.33. The molecule has 0 unspecified atom stereocenters. The van der Waals surface area contributed by atoms with E-state index in [-0.39, 0.29) is 5.75 Å². The maximum absolute atomic E-state index is 13.2. The minimum atomic E-state index is -0.894. The van der Waals surface area contributed by atoms with E-state index in [1.54, 1.807) is 0 Å². The maximum Gasteiger partial charge on any atom is 0.276 e. The number of benzene rings is 2. The number of hydrogen-bond donors (Lipinski definition) is 2. The van der Waals surface area contributed by atoms with Crippen molar-refractivity contribution in [2.45, 2.75) is 0 Å². The van der Waals surface area contributed by atoms with Crippen LogP contribution in [0.15, 0.2) is 42.5 Å². The fourth-order valence-corrected chi connectivity index (χ4v) is 1.45. The monoisotopic (exact) mass is 296 g/mol. The second kappa shape index (κ2) is 6.65. The fraction of sp³-hybridized carbons (Fsp3) is 0.0714. The van der Waals surface area contributed by atoms with E-state index in [0.717, 1.165) is 12.1 Å². The van der Waals surface area contributed by atoms with Gasteiger partial charge in [-0.25, -0.2) is 13.2 Å². The predicted molar refractivity (Wildman–Crippen MR) is 70.0 cm³/mol. The first-order valence-electron chi connectivity index (χ1n) is 5.93. The molecule has 0 bridgehead atoms. The third-order valence-electron chi connectivity index (χ3n) is 2.44. The molecule has 0 radical (unpaired) electrons. The Balaban J connectivity index is 1.80. The van der Waals surface area contributed by atoms with Crippen molar-refractivity contribution in [1.82, 2.24) is 5.43 Å². The van der Waals surface area contributed by atoms with Gasteiger partial charge in [0.2, 0.25) is 0 Å². The van der Waals surface area contributed by atoms with Gasteiger partial charge in [0.05, 0.1) is 5.69 Å². The lowest BCUT2D eigenvalue weighted by molar-refractivity contribution is -0.122. The van der Waals surface area contributed by atoms with E-state index in [0.29, 0.717) is 11.8 Å². The highest BCUT2D eigenvalue weighted by Gasteiger charge is 2.07. The summed E-state index contributed by atoms with van der Waals surface area (Å²) in [5.74, 6) is -2.84. The number of anilines is 1. The third kappa shape index (κ3) is 4.41. The fourth-order valence-electron chi connectivity index (χ4n) is 1.45. The summed E-state index contributed by atoms with van der Waals surface area (Å²) in [7, 11) is 0. The summed E-state index contributed by atoms with van der Waals surface area (Å²) in [5.41, 5.74) is 5.29. The number of amides is 1. The summed E-state index contributed by atoms with van der Waals surface area (Å²) in [6.07, 6.45) is 0. The standard InChI is InChI=1S/C14H11F3N2O2/c15-9-1-4-11(5-2-9)18-19-14(20)8-21-13-6-3-10(16)7-12(13)17/h1-7,18H,8H2,(H,19,20). The van der Waals surface area contributed by atoms with Crippen molar-refractivity contribution < 1.29 is 22.7 Å². The zero-order valence-electron chi connectivity index (χ0n) is 10.7. The van der Waals surface area contributed by atoms with Gasteiger partial charge < -0.3 is 4.74 Å². The molecule has 0 aliphatic heterocycles. The molecule has 2 N–H and O–H groups in total. The summed E-state index contributed by atoms with van der Waals surface area (Å²) in [6.45, 7) is -0.462. The number of hydrazine groups is 1. The van der Waals surface area contributed by atoms with Gasteiger partial charge in [-0.1, -0.05) is 0 Å². The molecule has 0 fully saturated rings. The van der Waals surface area contributed by atoms with Gasteiger partial charge in [-0.2, -0.15) is 0 Å². The molecule has 0 aromatic heterocycles. The van der Waals surface area contributed by atoms with Crippen molar-refractivity contribution in [2.24, 2.45) is 0 Å². The van der Waals surface area contributed by atoms with Crippen LogP contribution in [-0.4, -0.2) is 12.5 Å². The molecule has 7 heteroatoms. The van der Waals surface area contributed by atoms with Crippen LogP contribution in [0, 0.1) is 17.5 Å². The Labute approximate surface area is 118 Å². The second-order valence-corrected chi connectivity index (χ2v) is 4.04. The normalized spacial score (nSPS) is 10.0. The van der Waals surface area contributed by atoms with E-state index in [4.69, 9.17) is 4.74 Å². The van der Waals surface area contributed by atoms with E-state index >= 15 is 0 Å². The first-order chi connectivity index (χ1) is 10.0. The molecule has 21 heavy (non-hydrogen) atoms. The average Bonchev–Trinajstić information content (AvgIpc) is 2.46. The Morgan fingerprint density at radius 3 is 2.33 bits per heavy atom.